The van der Waals surface area contributed by atoms with Crippen LogP contribution in [0.1, 0.15) is 18.5 Å². The molecule has 0 bridgehead atoms. The monoisotopic (exact) mass is 471 g/mol. The van der Waals surface area contributed by atoms with E-state index in [0.29, 0.717) is 32.0 Å². The topological polar surface area (TPSA) is 110 Å². The van der Waals surface area contributed by atoms with Crippen molar-refractivity contribution in [2.24, 2.45) is 5.41 Å². The van der Waals surface area contributed by atoms with Crippen molar-refractivity contribution in [1.29, 1.82) is 5.26 Å². The lowest BCUT2D eigenvalue weighted by molar-refractivity contribution is -0.192. The Hall–Kier alpha value is -2.91. The lowest BCUT2D eigenvalue weighted by atomic mass is 9.80. The molecule has 3 rings (SSSR count). The molecule has 1 amide bonds. The highest BCUT2D eigenvalue weighted by molar-refractivity contribution is 5.78. The third-order valence-corrected chi connectivity index (χ3v) is 5.32. The molecule has 1 unspecified atom stereocenters. The van der Waals surface area contributed by atoms with E-state index in [2.05, 4.69) is 16.0 Å². The minimum Gasteiger partial charge on any atom is -0.475 e. The second-order valence-electron chi connectivity index (χ2n) is 8.43. The third kappa shape index (κ3) is 7.87. The van der Waals surface area contributed by atoms with Gasteiger partial charge >= 0.3 is 12.1 Å². The van der Waals surface area contributed by atoms with Gasteiger partial charge in [-0.05, 0) is 39.1 Å². The molecule has 2 aliphatic rings. The largest absolute Gasteiger partial charge is 0.490 e. The fourth-order valence-electron chi connectivity index (χ4n) is 3.89. The average Bonchev–Trinajstić information content (AvgIpc) is 2.95. The Morgan fingerprint density at radius 3 is 2.61 bits per heavy atom. The van der Waals surface area contributed by atoms with Gasteiger partial charge in [-0.2, -0.15) is 18.4 Å². The van der Waals surface area contributed by atoms with Gasteiger partial charge in [0.15, 0.2) is 0 Å². The molecule has 12 heteroatoms. The maximum atomic E-state index is 12.5. The summed E-state index contributed by atoms with van der Waals surface area (Å²) in [7, 11) is 3.84. The number of carboxylic acids is 1. The van der Waals surface area contributed by atoms with Gasteiger partial charge in [-0.25, -0.2) is 9.78 Å². The van der Waals surface area contributed by atoms with E-state index in [1.54, 1.807) is 6.07 Å². The number of piperidine rings is 1. The van der Waals surface area contributed by atoms with E-state index in [-0.39, 0.29) is 11.3 Å². The van der Waals surface area contributed by atoms with Crippen molar-refractivity contribution in [2.75, 3.05) is 64.9 Å². The average molecular weight is 471 g/mol. The first kappa shape index (κ1) is 26.3. The normalized spacial score (nSPS) is 21.1. The number of amides is 1. The number of alkyl halides is 3. The highest BCUT2D eigenvalue weighted by atomic mass is 19.4. The van der Waals surface area contributed by atoms with Crippen LogP contribution in [0.5, 0.6) is 0 Å². The van der Waals surface area contributed by atoms with E-state index >= 15 is 0 Å². The molecule has 0 aliphatic carbocycles. The molecule has 2 aliphatic heterocycles. The molecule has 2 fully saturated rings. The van der Waals surface area contributed by atoms with Crippen LogP contribution in [0.3, 0.4) is 0 Å². The number of hydrogen-bond acceptors (Lipinski definition) is 7. The van der Waals surface area contributed by atoms with Gasteiger partial charge in [-0.1, -0.05) is 6.07 Å². The molecule has 1 spiro atoms. The summed E-state index contributed by atoms with van der Waals surface area (Å²) in [6, 6.07) is 7.64. The van der Waals surface area contributed by atoms with Crippen LogP contribution in [0.25, 0.3) is 0 Å². The predicted molar refractivity (Wildman–Crippen MR) is 112 cm³/mol. The number of anilines is 1. The number of nitriles is 1. The number of aromatic nitrogens is 1. The number of rotatable bonds is 3. The van der Waals surface area contributed by atoms with Gasteiger partial charge in [0.05, 0.1) is 19.8 Å². The quantitative estimate of drug-likeness (QED) is 0.708. The molecule has 1 atom stereocenters. The number of aliphatic carboxylic acids is 1. The number of halogens is 3. The molecule has 1 aromatic rings. The summed E-state index contributed by atoms with van der Waals surface area (Å²) in [4.78, 5) is 32.0. The first-order valence-corrected chi connectivity index (χ1v) is 10.4. The SMILES string of the molecule is CN(C)CC(=O)N1CCCC2(COCCN(c3cccc(C#N)n3)C2)C1.O=C(O)C(F)(F)F. The first-order chi connectivity index (χ1) is 15.5. The number of likely N-dealkylation sites (tertiary alicyclic amines) is 1. The molecule has 2 saturated heterocycles. The van der Waals surface area contributed by atoms with Crippen LogP contribution in [0.15, 0.2) is 18.2 Å². The van der Waals surface area contributed by atoms with Crippen molar-refractivity contribution >= 4 is 17.7 Å². The molecule has 9 nitrogen and oxygen atoms in total. The van der Waals surface area contributed by atoms with Gasteiger partial charge in [-0.15, -0.1) is 0 Å². The van der Waals surface area contributed by atoms with Gasteiger partial charge in [0.1, 0.15) is 17.6 Å². The van der Waals surface area contributed by atoms with Crippen LogP contribution in [0.2, 0.25) is 0 Å². The van der Waals surface area contributed by atoms with E-state index in [4.69, 9.17) is 19.9 Å². The number of hydrogen-bond donors (Lipinski definition) is 1. The molecule has 1 N–H and O–H groups in total. The lowest BCUT2D eigenvalue weighted by Crippen LogP contribution is -2.53. The van der Waals surface area contributed by atoms with Crippen LogP contribution < -0.4 is 4.90 Å². The second kappa shape index (κ2) is 11.3. The predicted octanol–water partition coefficient (Wildman–Crippen LogP) is 1.59. The van der Waals surface area contributed by atoms with Crippen LogP contribution in [-0.4, -0.2) is 98.0 Å². The van der Waals surface area contributed by atoms with Crippen molar-refractivity contribution in [3.05, 3.63) is 23.9 Å². The Morgan fingerprint density at radius 2 is 2.00 bits per heavy atom. The zero-order valence-electron chi connectivity index (χ0n) is 18.6. The standard InChI is InChI=1S/C19H27N5O2.C2HF3O2/c1-22(2)12-18(25)24-8-4-7-19(14-24)13-23(9-10-26-15-19)17-6-3-5-16(11-20)21-17;3-2(4,5)1(6)7/h3,5-6H,4,7-10,12-15H2,1-2H3;(H,6,7). The van der Waals surface area contributed by atoms with Crippen molar-refractivity contribution in [3.63, 3.8) is 0 Å². The fraction of sp³-hybridized carbons (Fsp3) is 0.619. The van der Waals surface area contributed by atoms with Crippen molar-refractivity contribution < 1.29 is 32.6 Å². The number of carbonyl (C=O) groups excluding carboxylic acids is 1. The summed E-state index contributed by atoms with van der Waals surface area (Å²) in [5.41, 5.74) is 0.342. The van der Waals surface area contributed by atoms with Crippen molar-refractivity contribution in [3.8, 4) is 6.07 Å². The van der Waals surface area contributed by atoms with Crippen molar-refractivity contribution in [1.82, 2.24) is 14.8 Å². The van der Waals surface area contributed by atoms with E-state index in [1.807, 2.05) is 36.0 Å². The van der Waals surface area contributed by atoms with Gasteiger partial charge in [0.2, 0.25) is 5.91 Å². The maximum Gasteiger partial charge on any atom is 0.490 e. The van der Waals surface area contributed by atoms with E-state index < -0.39 is 12.1 Å². The molecule has 0 saturated carbocycles. The van der Waals surface area contributed by atoms with Gasteiger partial charge in [-0.3, -0.25) is 4.79 Å². The van der Waals surface area contributed by atoms with Crippen molar-refractivity contribution in [2.45, 2.75) is 19.0 Å². The number of likely N-dealkylation sites (N-methyl/N-ethyl adjacent to an activating group) is 1. The maximum absolute atomic E-state index is 12.5. The number of nitrogens with zero attached hydrogens (tertiary/aromatic N) is 5. The minimum absolute atomic E-state index is 0.0823. The molecule has 1 aromatic heterocycles. The highest BCUT2D eigenvalue weighted by Gasteiger charge is 2.40. The van der Waals surface area contributed by atoms with Crippen LogP contribution in [0, 0.1) is 16.7 Å². The number of carboxylic acid groups (broad SMARTS) is 1. The summed E-state index contributed by atoms with van der Waals surface area (Å²) in [5.74, 6) is -1.77. The van der Waals surface area contributed by atoms with Crippen LogP contribution >= 0.6 is 0 Å². The van der Waals surface area contributed by atoms with Gasteiger partial charge < -0.3 is 24.5 Å². The smallest absolute Gasteiger partial charge is 0.475 e. The third-order valence-electron chi connectivity index (χ3n) is 5.32. The lowest BCUT2D eigenvalue weighted by Gasteiger charge is -2.44. The second-order valence-corrected chi connectivity index (χ2v) is 8.43. The molecule has 0 aromatic carbocycles. The molecular formula is C21H28F3N5O4. The number of ether oxygens (including phenoxy) is 1. The Bertz CT molecular complexity index is 874. The van der Waals surface area contributed by atoms with Gasteiger partial charge in [0.25, 0.3) is 0 Å². The van der Waals surface area contributed by atoms with Crippen LogP contribution in [0.4, 0.5) is 19.0 Å². The molecule has 182 valence electrons. The summed E-state index contributed by atoms with van der Waals surface area (Å²) in [5, 5.41) is 16.2. The summed E-state index contributed by atoms with van der Waals surface area (Å²) in [6.45, 7) is 4.80. The molecule has 0 radical (unpaired) electrons. The Morgan fingerprint density at radius 1 is 1.30 bits per heavy atom. The van der Waals surface area contributed by atoms with Gasteiger partial charge in [0, 0.05) is 31.6 Å². The number of carbonyl (C=O) groups is 2. The highest BCUT2D eigenvalue weighted by Crippen LogP contribution is 2.34. The summed E-state index contributed by atoms with van der Waals surface area (Å²) >= 11 is 0. The summed E-state index contributed by atoms with van der Waals surface area (Å²) < 4.78 is 37.7. The zero-order valence-corrected chi connectivity index (χ0v) is 18.6. The first-order valence-electron chi connectivity index (χ1n) is 10.4. The Labute approximate surface area is 190 Å². The molecule has 33 heavy (non-hydrogen) atoms. The Kier molecular flexibility index (Phi) is 9.01. The van der Waals surface area contributed by atoms with E-state index in [1.165, 1.54) is 0 Å². The van der Waals surface area contributed by atoms with E-state index in [0.717, 1.165) is 38.3 Å². The number of pyridine rings is 1. The zero-order chi connectivity index (χ0) is 24.6. The van der Waals surface area contributed by atoms with E-state index in [9.17, 15) is 18.0 Å². The Balaban J connectivity index is 0.000000479. The molecule has 3 heterocycles. The molecular weight excluding hydrogens is 443 g/mol. The minimum atomic E-state index is -5.08. The summed E-state index contributed by atoms with van der Waals surface area (Å²) in [6.07, 6.45) is -3.06. The fourth-order valence-corrected chi connectivity index (χ4v) is 3.89. The van der Waals surface area contributed by atoms with Crippen LogP contribution in [-0.2, 0) is 14.3 Å².